The first-order valence-corrected chi connectivity index (χ1v) is 9.72. The predicted octanol–water partition coefficient (Wildman–Crippen LogP) is 5.58. The van der Waals surface area contributed by atoms with Crippen LogP contribution in [0.5, 0.6) is 0 Å². The third-order valence-corrected chi connectivity index (χ3v) is 4.85. The molecule has 0 spiro atoms. The molecule has 1 aromatic heterocycles. The molecule has 1 aliphatic rings. The van der Waals surface area contributed by atoms with Gasteiger partial charge in [0.1, 0.15) is 11.5 Å². The minimum absolute atomic E-state index is 0.359. The van der Waals surface area contributed by atoms with Crippen molar-refractivity contribution in [2.45, 2.75) is 44.8 Å². The first-order chi connectivity index (χ1) is 13.9. The Morgan fingerprint density at radius 3 is 2.47 bits per heavy atom. The van der Waals surface area contributed by atoms with E-state index >= 15 is 4.39 Å². The summed E-state index contributed by atoms with van der Waals surface area (Å²) in [6, 6.07) is 9.53. The second-order valence-corrected chi connectivity index (χ2v) is 8.27. The number of hydrogen-bond donors (Lipinski definition) is 2. The molecule has 0 fully saturated rings. The Morgan fingerprint density at radius 2 is 1.87 bits per heavy atom. The minimum atomic E-state index is -2.79. The van der Waals surface area contributed by atoms with Crippen LogP contribution in [0.25, 0.3) is 0 Å². The van der Waals surface area contributed by atoms with Crippen LogP contribution in [0, 0.1) is 0 Å². The average molecular weight is 416 g/mol. The van der Waals surface area contributed by atoms with E-state index in [1.54, 1.807) is 30.5 Å². The van der Waals surface area contributed by atoms with Crippen molar-refractivity contribution >= 4 is 11.5 Å². The van der Waals surface area contributed by atoms with Crippen molar-refractivity contribution in [1.29, 1.82) is 0 Å². The molecule has 2 heterocycles. The zero-order chi connectivity index (χ0) is 22.1. The third kappa shape index (κ3) is 5.14. The van der Waals surface area contributed by atoms with Crippen LogP contribution < -0.4 is 15.5 Å². The summed E-state index contributed by atoms with van der Waals surface area (Å²) < 4.78 is 41.7. The molecule has 1 atom stereocenters. The molecule has 0 saturated heterocycles. The molecule has 4 nitrogen and oxygen atoms in total. The first-order valence-electron chi connectivity index (χ1n) is 9.72. The molecule has 0 radical (unpaired) electrons. The van der Waals surface area contributed by atoms with Crippen LogP contribution >= 0.6 is 0 Å². The van der Waals surface area contributed by atoms with Gasteiger partial charge in [0.05, 0.1) is 18.3 Å². The molecular weight excluding hydrogens is 389 g/mol. The highest BCUT2D eigenvalue weighted by Crippen LogP contribution is 2.34. The molecule has 1 aliphatic heterocycles. The summed E-state index contributed by atoms with van der Waals surface area (Å²) in [5.41, 5.74) is 1.05. The second kappa shape index (κ2) is 8.05. The number of benzene rings is 1. The maximum Gasteiger partial charge on any atom is 0.249 e. The molecular formula is C23H27F3N4. The number of pyridine rings is 1. The Hall–Kier alpha value is -2.96. The van der Waals surface area contributed by atoms with Gasteiger partial charge >= 0.3 is 0 Å². The standard InChI is InChI=1S/C23H27F3N4/c1-15-14-30(21-19(28-15)7-6-12-27-21)16(2)29-20(22(3,4)24)18-10-8-17(9-11-18)13-23(5,25)26/h6-12,20,28-29H,1-2,13-14H2,3-5H3. The van der Waals surface area contributed by atoms with Gasteiger partial charge in [-0.25, -0.2) is 18.2 Å². The number of fused-ring (bicyclic) bond motifs is 1. The van der Waals surface area contributed by atoms with E-state index < -0.39 is 17.6 Å². The third-order valence-electron chi connectivity index (χ3n) is 4.85. The average Bonchev–Trinajstić information content (AvgIpc) is 2.64. The fourth-order valence-electron chi connectivity index (χ4n) is 3.51. The van der Waals surface area contributed by atoms with Crippen molar-refractivity contribution < 1.29 is 13.2 Å². The maximum atomic E-state index is 15.1. The van der Waals surface area contributed by atoms with Crippen LogP contribution in [0.2, 0.25) is 0 Å². The first kappa shape index (κ1) is 21.7. The van der Waals surface area contributed by atoms with Crippen LogP contribution in [0.4, 0.5) is 24.7 Å². The van der Waals surface area contributed by atoms with Gasteiger partial charge in [-0.15, -0.1) is 0 Å². The summed E-state index contributed by atoms with van der Waals surface area (Å²) in [6.07, 6.45) is 1.32. The highest BCUT2D eigenvalue weighted by molar-refractivity contribution is 5.73. The maximum absolute atomic E-state index is 15.1. The Bertz CT molecular complexity index is 927. The highest BCUT2D eigenvalue weighted by Gasteiger charge is 2.33. The smallest absolute Gasteiger partial charge is 0.249 e. The van der Waals surface area contributed by atoms with Crippen molar-refractivity contribution in [2.75, 3.05) is 16.8 Å². The van der Waals surface area contributed by atoms with Gasteiger partial charge in [-0.3, -0.25) is 0 Å². The number of alkyl halides is 3. The van der Waals surface area contributed by atoms with Gasteiger partial charge in [0, 0.05) is 18.3 Å². The SMILES string of the molecule is C=C1CN(C(=C)NC(c2ccc(CC(C)(F)F)cc2)C(C)(C)F)c2ncccc2N1. The largest absolute Gasteiger partial charge is 0.362 e. The molecule has 3 rings (SSSR count). The van der Waals surface area contributed by atoms with Gasteiger partial charge in [0.25, 0.3) is 0 Å². The Kier molecular flexibility index (Phi) is 5.83. The van der Waals surface area contributed by atoms with Gasteiger partial charge in [0.2, 0.25) is 5.92 Å². The zero-order valence-electron chi connectivity index (χ0n) is 17.5. The van der Waals surface area contributed by atoms with Gasteiger partial charge < -0.3 is 15.5 Å². The van der Waals surface area contributed by atoms with Gasteiger partial charge in [-0.1, -0.05) is 37.4 Å². The van der Waals surface area contributed by atoms with E-state index in [-0.39, 0.29) is 6.42 Å². The van der Waals surface area contributed by atoms with Gasteiger partial charge in [-0.05, 0) is 44.0 Å². The fourth-order valence-corrected chi connectivity index (χ4v) is 3.51. The van der Waals surface area contributed by atoms with Crippen molar-refractivity contribution in [1.82, 2.24) is 10.3 Å². The van der Waals surface area contributed by atoms with Crippen LogP contribution in [-0.2, 0) is 6.42 Å². The quantitative estimate of drug-likeness (QED) is 0.619. The van der Waals surface area contributed by atoms with E-state index in [1.165, 1.54) is 13.8 Å². The fraction of sp³-hybridized carbons (Fsp3) is 0.348. The highest BCUT2D eigenvalue weighted by atomic mass is 19.3. The molecule has 1 aromatic carbocycles. The van der Waals surface area contributed by atoms with E-state index in [9.17, 15) is 8.78 Å². The van der Waals surface area contributed by atoms with E-state index in [0.717, 1.165) is 18.3 Å². The zero-order valence-corrected chi connectivity index (χ0v) is 17.5. The number of aromatic nitrogens is 1. The van der Waals surface area contributed by atoms with Gasteiger partial charge in [-0.2, -0.15) is 0 Å². The van der Waals surface area contributed by atoms with Crippen LogP contribution in [0.3, 0.4) is 0 Å². The minimum Gasteiger partial charge on any atom is -0.362 e. The summed E-state index contributed by atoms with van der Waals surface area (Å²) in [7, 11) is 0. The number of anilines is 2. The van der Waals surface area contributed by atoms with Crippen molar-refractivity contribution in [3.05, 3.63) is 78.4 Å². The van der Waals surface area contributed by atoms with Crippen LogP contribution in [0.15, 0.2) is 67.3 Å². The van der Waals surface area contributed by atoms with Crippen LogP contribution in [-0.4, -0.2) is 23.1 Å². The normalized spacial score (nSPS) is 15.3. The van der Waals surface area contributed by atoms with E-state index in [1.807, 2.05) is 17.0 Å². The summed E-state index contributed by atoms with van der Waals surface area (Å²) in [6.45, 7) is 12.3. The summed E-state index contributed by atoms with van der Waals surface area (Å²) >= 11 is 0. The van der Waals surface area contributed by atoms with Crippen LogP contribution in [0.1, 0.15) is 37.9 Å². The Labute approximate surface area is 175 Å². The number of hydrogen-bond acceptors (Lipinski definition) is 4. The lowest BCUT2D eigenvalue weighted by Crippen LogP contribution is -2.43. The molecule has 0 saturated carbocycles. The van der Waals surface area contributed by atoms with Crippen molar-refractivity contribution in [3.63, 3.8) is 0 Å². The lowest BCUT2D eigenvalue weighted by atomic mass is 9.92. The molecule has 1 unspecified atom stereocenters. The van der Waals surface area contributed by atoms with E-state index in [2.05, 4.69) is 28.8 Å². The number of nitrogens with zero attached hydrogens (tertiary/aromatic N) is 2. The Morgan fingerprint density at radius 1 is 1.20 bits per heavy atom. The molecule has 0 bridgehead atoms. The summed E-state index contributed by atoms with van der Waals surface area (Å²) in [5.74, 6) is -1.66. The number of halogens is 3. The summed E-state index contributed by atoms with van der Waals surface area (Å²) in [4.78, 5) is 6.23. The molecule has 160 valence electrons. The number of rotatable bonds is 7. The Balaban J connectivity index is 1.84. The second-order valence-electron chi connectivity index (χ2n) is 8.27. The molecule has 0 aliphatic carbocycles. The lowest BCUT2D eigenvalue weighted by Gasteiger charge is -2.37. The lowest BCUT2D eigenvalue weighted by molar-refractivity contribution is 0.0226. The van der Waals surface area contributed by atoms with E-state index in [0.29, 0.717) is 29.3 Å². The monoisotopic (exact) mass is 416 g/mol. The molecule has 30 heavy (non-hydrogen) atoms. The molecule has 2 N–H and O–H groups in total. The molecule has 7 heteroatoms. The topological polar surface area (TPSA) is 40.2 Å². The van der Waals surface area contributed by atoms with E-state index in [4.69, 9.17) is 0 Å². The van der Waals surface area contributed by atoms with Crippen molar-refractivity contribution in [2.24, 2.45) is 0 Å². The predicted molar refractivity (Wildman–Crippen MR) is 115 cm³/mol. The summed E-state index contributed by atoms with van der Waals surface area (Å²) in [5, 5.41) is 6.35. The number of nitrogens with one attached hydrogen (secondary N) is 2. The van der Waals surface area contributed by atoms with Crippen molar-refractivity contribution in [3.8, 4) is 0 Å². The molecule has 2 aromatic rings. The van der Waals surface area contributed by atoms with Gasteiger partial charge in [0.15, 0.2) is 5.82 Å². The molecule has 0 amide bonds.